The van der Waals surface area contributed by atoms with Crippen LogP contribution in [-0.4, -0.2) is 24.4 Å². The van der Waals surface area contributed by atoms with Crippen LogP contribution in [0, 0.1) is 0 Å². The Bertz CT molecular complexity index is 726. The molecule has 0 amide bonds. The molecule has 0 bridgehead atoms. The highest BCUT2D eigenvalue weighted by molar-refractivity contribution is 7.92. The molecule has 2 aromatic rings. The molecule has 5 nitrogen and oxygen atoms in total. The van der Waals surface area contributed by atoms with Crippen LogP contribution in [0.3, 0.4) is 0 Å². The molecule has 0 aliphatic rings. The predicted octanol–water partition coefficient (Wildman–Crippen LogP) is 1.56. The lowest BCUT2D eigenvalue weighted by atomic mass is 9.94. The highest BCUT2D eigenvalue weighted by Crippen LogP contribution is 2.32. The molecule has 0 saturated heterocycles. The Morgan fingerprint density at radius 3 is 2.60 bits per heavy atom. The zero-order valence-corrected chi connectivity index (χ0v) is 12.6. The standard InChI is InChI=1S/C14H19N3O2S/c1-14(2,20(3,18)19)13(17-15)11-6-7-12-10(9-11)5-4-8-16-12/h4-9,13,17H,15H2,1-3H3. The molecule has 0 aliphatic carbocycles. The Morgan fingerprint density at radius 1 is 1.30 bits per heavy atom. The summed E-state index contributed by atoms with van der Waals surface area (Å²) in [6.07, 6.45) is 2.95. The number of sulfone groups is 1. The fourth-order valence-electron chi connectivity index (χ4n) is 2.19. The lowest BCUT2D eigenvalue weighted by molar-refractivity contribution is 0.428. The summed E-state index contributed by atoms with van der Waals surface area (Å²) < 4.78 is 22.9. The molecule has 0 radical (unpaired) electrons. The zero-order valence-electron chi connectivity index (χ0n) is 11.8. The van der Waals surface area contributed by atoms with E-state index < -0.39 is 20.6 Å². The summed E-state index contributed by atoms with van der Waals surface area (Å²) >= 11 is 0. The second kappa shape index (κ2) is 5.12. The molecule has 1 unspecified atom stereocenters. The molecule has 0 fully saturated rings. The van der Waals surface area contributed by atoms with E-state index >= 15 is 0 Å². The van der Waals surface area contributed by atoms with Crippen molar-refractivity contribution in [2.75, 3.05) is 6.26 Å². The van der Waals surface area contributed by atoms with Crippen LogP contribution in [0.15, 0.2) is 36.5 Å². The predicted molar refractivity (Wildman–Crippen MR) is 80.7 cm³/mol. The third-order valence-electron chi connectivity index (χ3n) is 3.78. The molecule has 0 aliphatic heterocycles. The minimum Gasteiger partial charge on any atom is -0.271 e. The number of hydrazine groups is 1. The van der Waals surface area contributed by atoms with Gasteiger partial charge in [0.25, 0.3) is 0 Å². The molecule has 108 valence electrons. The Kier molecular flexibility index (Phi) is 3.82. The summed E-state index contributed by atoms with van der Waals surface area (Å²) in [7, 11) is -3.27. The third kappa shape index (κ3) is 2.54. The van der Waals surface area contributed by atoms with Crippen LogP contribution in [-0.2, 0) is 9.84 Å². The first-order valence-electron chi connectivity index (χ1n) is 6.28. The van der Waals surface area contributed by atoms with Crippen LogP contribution < -0.4 is 11.3 Å². The topological polar surface area (TPSA) is 85.1 Å². The van der Waals surface area contributed by atoms with Gasteiger partial charge in [-0.15, -0.1) is 0 Å². The van der Waals surface area contributed by atoms with Crippen LogP contribution in [0.1, 0.15) is 25.5 Å². The number of nitrogens with one attached hydrogen (secondary N) is 1. The van der Waals surface area contributed by atoms with Gasteiger partial charge in [-0.1, -0.05) is 12.1 Å². The first kappa shape index (κ1) is 14.9. The molecule has 20 heavy (non-hydrogen) atoms. The van der Waals surface area contributed by atoms with E-state index in [1.165, 1.54) is 6.26 Å². The van der Waals surface area contributed by atoms with E-state index in [1.807, 2.05) is 30.3 Å². The summed E-state index contributed by atoms with van der Waals surface area (Å²) in [6, 6.07) is 8.92. The van der Waals surface area contributed by atoms with Crippen molar-refractivity contribution < 1.29 is 8.42 Å². The van der Waals surface area contributed by atoms with Gasteiger partial charge in [0.1, 0.15) is 0 Å². The summed E-state index contributed by atoms with van der Waals surface area (Å²) in [5.41, 5.74) is 4.32. The van der Waals surface area contributed by atoms with Gasteiger partial charge in [-0.3, -0.25) is 16.3 Å². The fourth-order valence-corrected chi connectivity index (χ4v) is 2.82. The molecule has 0 saturated carbocycles. The second-order valence-corrected chi connectivity index (χ2v) is 8.03. The van der Waals surface area contributed by atoms with Crippen molar-refractivity contribution in [2.45, 2.75) is 24.6 Å². The Labute approximate surface area is 119 Å². The Morgan fingerprint density at radius 2 is 2.00 bits per heavy atom. The van der Waals surface area contributed by atoms with Gasteiger partial charge in [-0.2, -0.15) is 0 Å². The molecular weight excluding hydrogens is 274 g/mol. The normalized spacial score (nSPS) is 14.4. The summed E-state index contributed by atoms with van der Waals surface area (Å²) in [5, 5.41) is 0.953. The number of hydrogen-bond acceptors (Lipinski definition) is 5. The van der Waals surface area contributed by atoms with Gasteiger partial charge in [-0.25, -0.2) is 8.42 Å². The monoisotopic (exact) mass is 293 g/mol. The van der Waals surface area contributed by atoms with E-state index in [2.05, 4.69) is 10.4 Å². The van der Waals surface area contributed by atoms with Crippen molar-refractivity contribution in [3.63, 3.8) is 0 Å². The molecule has 1 heterocycles. The first-order chi connectivity index (χ1) is 9.27. The minimum absolute atomic E-state index is 0.498. The minimum atomic E-state index is -3.27. The quantitative estimate of drug-likeness (QED) is 0.660. The lowest BCUT2D eigenvalue weighted by Gasteiger charge is -2.32. The van der Waals surface area contributed by atoms with E-state index in [1.54, 1.807) is 20.0 Å². The third-order valence-corrected chi connectivity index (χ3v) is 5.92. The maximum atomic E-state index is 12.0. The van der Waals surface area contributed by atoms with E-state index in [0.717, 1.165) is 16.5 Å². The number of rotatable bonds is 4. The average Bonchev–Trinajstić information content (AvgIpc) is 2.38. The Hall–Kier alpha value is -1.50. The van der Waals surface area contributed by atoms with E-state index in [4.69, 9.17) is 5.84 Å². The number of hydrogen-bond donors (Lipinski definition) is 2. The van der Waals surface area contributed by atoms with Crippen molar-refractivity contribution in [3.8, 4) is 0 Å². The number of nitrogens with zero attached hydrogens (tertiary/aromatic N) is 1. The molecular formula is C14H19N3O2S. The van der Waals surface area contributed by atoms with Gasteiger partial charge in [0.15, 0.2) is 9.84 Å². The van der Waals surface area contributed by atoms with Crippen molar-refractivity contribution >= 4 is 20.7 Å². The summed E-state index contributed by atoms with van der Waals surface area (Å²) in [5.74, 6) is 5.60. The van der Waals surface area contributed by atoms with E-state index in [0.29, 0.717) is 0 Å². The lowest BCUT2D eigenvalue weighted by Crippen LogP contribution is -2.47. The molecule has 1 aromatic heterocycles. The van der Waals surface area contributed by atoms with E-state index in [9.17, 15) is 8.42 Å². The molecule has 6 heteroatoms. The van der Waals surface area contributed by atoms with Gasteiger partial charge < -0.3 is 0 Å². The van der Waals surface area contributed by atoms with Crippen molar-refractivity contribution in [3.05, 3.63) is 42.1 Å². The summed E-state index contributed by atoms with van der Waals surface area (Å²) in [4.78, 5) is 4.25. The van der Waals surface area contributed by atoms with Gasteiger partial charge in [0.2, 0.25) is 0 Å². The molecule has 0 spiro atoms. The number of fused-ring (bicyclic) bond motifs is 1. The fraction of sp³-hybridized carbons (Fsp3) is 0.357. The maximum absolute atomic E-state index is 12.0. The molecule has 3 N–H and O–H groups in total. The maximum Gasteiger partial charge on any atom is 0.154 e. The van der Waals surface area contributed by atoms with Crippen molar-refractivity contribution in [1.29, 1.82) is 0 Å². The highest BCUT2D eigenvalue weighted by atomic mass is 32.2. The largest absolute Gasteiger partial charge is 0.271 e. The van der Waals surface area contributed by atoms with Crippen LogP contribution >= 0.6 is 0 Å². The van der Waals surface area contributed by atoms with Gasteiger partial charge in [-0.05, 0) is 37.6 Å². The van der Waals surface area contributed by atoms with E-state index in [-0.39, 0.29) is 0 Å². The number of nitrogens with two attached hydrogens (primary N) is 1. The van der Waals surface area contributed by atoms with Crippen molar-refractivity contribution in [1.82, 2.24) is 10.4 Å². The van der Waals surface area contributed by atoms with Crippen LogP contribution in [0.2, 0.25) is 0 Å². The highest BCUT2D eigenvalue weighted by Gasteiger charge is 2.39. The number of benzene rings is 1. The average molecular weight is 293 g/mol. The van der Waals surface area contributed by atoms with Gasteiger partial charge in [0.05, 0.1) is 16.3 Å². The number of pyridine rings is 1. The SMILES string of the molecule is CC(C)(C(NN)c1ccc2ncccc2c1)S(C)(=O)=O. The Balaban J connectivity index is 2.55. The second-order valence-electron chi connectivity index (χ2n) is 5.43. The van der Waals surface area contributed by atoms with Gasteiger partial charge in [0, 0.05) is 17.8 Å². The zero-order chi connectivity index (χ0) is 15.0. The first-order valence-corrected chi connectivity index (χ1v) is 8.17. The van der Waals surface area contributed by atoms with Crippen LogP contribution in [0.25, 0.3) is 10.9 Å². The van der Waals surface area contributed by atoms with Crippen LogP contribution in [0.4, 0.5) is 0 Å². The molecule has 2 rings (SSSR count). The van der Waals surface area contributed by atoms with Gasteiger partial charge >= 0.3 is 0 Å². The summed E-state index contributed by atoms with van der Waals surface area (Å²) in [6.45, 7) is 3.33. The molecule has 1 aromatic carbocycles. The smallest absolute Gasteiger partial charge is 0.154 e. The van der Waals surface area contributed by atoms with Crippen LogP contribution in [0.5, 0.6) is 0 Å². The number of aromatic nitrogens is 1. The van der Waals surface area contributed by atoms with Crippen molar-refractivity contribution in [2.24, 2.45) is 5.84 Å². The molecule has 1 atom stereocenters.